The molecule has 1 fully saturated rings. The molecule has 0 radical (unpaired) electrons. The van der Waals surface area contributed by atoms with Crippen molar-refractivity contribution in [3.05, 3.63) is 24.0 Å². The van der Waals surface area contributed by atoms with Crippen molar-refractivity contribution in [1.29, 1.82) is 0 Å². The van der Waals surface area contributed by atoms with Gasteiger partial charge in [-0.1, -0.05) is 6.42 Å². The van der Waals surface area contributed by atoms with Gasteiger partial charge in [-0.3, -0.25) is 4.79 Å². The summed E-state index contributed by atoms with van der Waals surface area (Å²) in [5.41, 5.74) is 0.00544. The molecule has 4 nitrogen and oxygen atoms in total. The normalized spacial score (nSPS) is 22.5. The van der Waals surface area contributed by atoms with Crippen molar-refractivity contribution < 1.29 is 23.1 Å². The predicted molar refractivity (Wildman–Crippen MR) is 70.7 cm³/mol. The summed E-state index contributed by atoms with van der Waals surface area (Å²) in [4.78, 5) is 12.0. The van der Waals surface area contributed by atoms with E-state index in [-0.39, 0.29) is 24.1 Å². The van der Waals surface area contributed by atoms with Gasteiger partial charge in [-0.15, -0.1) is 0 Å². The zero-order valence-corrected chi connectivity index (χ0v) is 11.6. The second kappa shape index (κ2) is 6.51. The van der Waals surface area contributed by atoms with Crippen LogP contribution >= 0.6 is 0 Å². The fourth-order valence-corrected chi connectivity index (χ4v) is 2.89. The third kappa shape index (κ3) is 4.23. The van der Waals surface area contributed by atoms with E-state index in [9.17, 15) is 23.1 Å². The minimum Gasteiger partial charge on any atom is -0.396 e. The van der Waals surface area contributed by atoms with Crippen LogP contribution in [0.5, 0.6) is 0 Å². The number of aromatic nitrogens is 1. The number of alkyl halides is 3. The first-order valence-corrected chi connectivity index (χ1v) is 7.01. The molecule has 21 heavy (non-hydrogen) atoms. The standard InChI is InChI=1S/C14H19F3N2O2/c15-14(16,17)9-19-6-2-5-12(19)13(21)18-7-10-3-1-4-11(10)8-20/h2,5-6,10-11,20H,1,3-4,7-9H2,(H,18,21). The summed E-state index contributed by atoms with van der Waals surface area (Å²) in [5, 5.41) is 11.9. The quantitative estimate of drug-likeness (QED) is 0.876. The fourth-order valence-electron chi connectivity index (χ4n) is 2.89. The molecule has 2 rings (SSSR count). The van der Waals surface area contributed by atoms with Crippen LogP contribution in [0.3, 0.4) is 0 Å². The lowest BCUT2D eigenvalue weighted by Gasteiger charge is -2.18. The van der Waals surface area contributed by atoms with Crippen molar-refractivity contribution in [2.75, 3.05) is 13.2 Å². The molecule has 1 saturated carbocycles. The zero-order valence-electron chi connectivity index (χ0n) is 11.6. The lowest BCUT2D eigenvalue weighted by atomic mass is 9.97. The highest BCUT2D eigenvalue weighted by atomic mass is 19.4. The lowest BCUT2D eigenvalue weighted by molar-refractivity contribution is -0.140. The van der Waals surface area contributed by atoms with Crippen molar-refractivity contribution in [3.63, 3.8) is 0 Å². The summed E-state index contributed by atoms with van der Waals surface area (Å²) in [5.74, 6) is -0.134. The molecule has 7 heteroatoms. The Bertz CT molecular complexity index is 485. The van der Waals surface area contributed by atoms with Crippen LogP contribution in [-0.4, -0.2) is 34.9 Å². The van der Waals surface area contributed by atoms with Gasteiger partial charge in [0.1, 0.15) is 12.2 Å². The number of rotatable bonds is 5. The second-order valence-corrected chi connectivity index (χ2v) is 5.48. The number of carbonyl (C=O) groups is 1. The molecule has 2 unspecified atom stereocenters. The van der Waals surface area contributed by atoms with Gasteiger partial charge in [0.2, 0.25) is 0 Å². The number of halogens is 3. The van der Waals surface area contributed by atoms with Crippen LogP contribution in [0.15, 0.2) is 18.3 Å². The van der Waals surface area contributed by atoms with E-state index in [1.165, 1.54) is 18.3 Å². The molecule has 0 saturated heterocycles. The van der Waals surface area contributed by atoms with Gasteiger partial charge in [0.25, 0.3) is 5.91 Å². The Labute approximate surface area is 120 Å². The minimum atomic E-state index is -4.36. The molecule has 2 N–H and O–H groups in total. The summed E-state index contributed by atoms with van der Waals surface area (Å²) in [6.07, 6.45) is -0.247. The van der Waals surface area contributed by atoms with E-state index in [0.29, 0.717) is 6.54 Å². The molecule has 0 aromatic carbocycles. The Morgan fingerprint density at radius 3 is 2.76 bits per heavy atom. The predicted octanol–water partition coefficient (Wildman–Crippen LogP) is 2.19. The summed E-state index contributed by atoms with van der Waals surface area (Å²) in [7, 11) is 0. The molecule has 1 aliphatic carbocycles. The van der Waals surface area contributed by atoms with Crippen molar-refractivity contribution in [2.24, 2.45) is 11.8 Å². The molecule has 1 aromatic rings. The fraction of sp³-hybridized carbons (Fsp3) is 0.643. The largest absolute Gasteiger partial charge is 0.406 e. The van der Waals surface area contributed by atoms with Crippen LogP contribution in [0.1, 0.15) is 29.8 Å². The molecular formula is C14H19F3N2O2. The van der Waals surface area contributed by atoms with Gasteiger partial charge in [0, 0.05) is 19.3 Å². The zero-order chi connectivity index (χ0) is 15.5. The van der Waals surface area contributed by atoms with Crippen molar-refractivity contribution in [1.82, 2.24) is 9.88 Å². The SMILES string of the molecule is O=C(NCC1CCCC1CO)c1cccn1CC(F)(F)F. The van der Waals surface area contributed by atoms with Gasteiger partial charge in [-0.25, -0.2) is 0 Å². The van der Waals surface area contributed by atoms with E-state index in [0.717, 1.165) is 23.8 Å². The van der Waals surface area contributed by atoms with E-state index < -0.39 is 18.6 Å². The monoisotopic (exact) mass is 304 g/mol. The number of hydrogen-bond acceptors (Lipinski definition) is 2. The summed E-state index contributed by atoms with van der Waals surface area (Å²) < 4.78 is 38.1. The van der Waals surface area contributed by atoms with Gasteiger partial charge < -0.3 is 15.0 Å². The Kier molecular flexibility index (Phi) is 4.92. The maximum Gasteiger partial charge on any atom is 0.406 e. The number of carbonyl (C=O) groups excluding carboxylic acids is 1. The van der Waals surface area contributed by atoms with Gasteiger partial charge in [-0.05, 0) is 36.8 Å². The van der Waals surface area contributed by atoms with E-state index in [4.69, 9.17) is 0 Å². The highest BCUT2D eigenvalue weighted by molar-refractivity contribution is 5.92. The van der Waals surface area contributed by atoms with Gasteiger partial charge in [0.15, 0.2) is 0 Å². The maximum atomic E-state index is 12.4. The molecule has 0 aliphatic heterocycles. The summed E-state index contributed by atoms with van der Waals surface area (Å²) in [6.45, 7) is -0.697. The number of aliphatic hydroxyl groups is 1. The first kappa shape index (κ1) is 15.9. The number of amides is 1. The molecule has 0 bridgehead atoms. The number of nitrogens with one attached hydrogen (secondary N) is 1. The van der Waals surface area contributed by atoms with E-state index >= 15 is 0 Å². The topological polar surface area (TPSA) is 54.3 Å². The highest BCUT2D eigenvalue weighted by Crippen LogP contribution is 2.30. The molecular weight excluding hydrogens is 285 g/mol. The first-order chi connectivity index (χ1) is 9.90. The van der Waals surface area contributed by atoms with Crippen molar-refractivity contribution in [3.8, 4) is 0 Å². The smallest absolute Gasteiger partial charge is 0.396 e. The summed E-state index contributed by atoms with van der Waals surface area (Å²) in [6, 6.07) is 2.80. The lowest BCUT2D eigenvalue weighted by Crippen LogP contribution is -2.33. The average molecular weight is 304 g/mol. The molecule has 0 spiro atoms. The van der Waals surface area contributed by atoms with Gasteiger partial charge in [0.05, 0.1) is 0 Å². The van der Waals surface area contributed by atoms with Crippen LogP contribution in [0.4, 0.5) is 13.2 Å². The van der Waals surface area contributed by atoms with Crippen LogP contribution < -0.4 is 5.32 Å². The Morgan fingerprint density at radius 1 is 1.38 bits per heavy atom. The first-order valence-electron chi connectivity index (χ1n) is 7.01. The molecule has 1 amide bonds. The summed E-state index contributed by atoms with van der Waals surface area (Å²) >= 11 is 0. The van der Waals surface area contributed by atoms with Gasteiger partial charge in [-0.2, -0.15) is 13.2 Å². The van der Waals surface area contributed by atoms with Crippen molar-refractivity contribution >= 4 is 5.91 Å². The minimum absolute atomic E-state index is 0.00544. The van der Waals surface area contributed by atoms with Crippen LogP contribution in [0, 0.1) is 11.8 Å². The van der Waals surface area contributed by atoms with E-state index in [2.05, 4.69) is 5.32 Å². The molecule has 1 aromatic heterocycles. The van der Waals surface area contributed by atoms with E-state index in [1.807, 2.05) is 0 Å². The number of hydrogen-bond donors (Lipinski definition) is 2. The molecule has 118 valence electrons. The molecule has 1 heterocycles. The Balaban J connectivity index is 1.93. The Hall–Kier alpha value is -1.50. The molecule has 1 aliphatic rings. The van der Waals surface area contributed by atoms with E-state index in [1.54, 1.807) is 0 Å². The third-order valence-corrected chi connectivity index (χ3v) is 3.99. The van der Waals surface area contributed by atoms with Crippen LogP contribution in [-0.2, 0) is 6.54 Å². The van der Waals surface area contributed by atoms with Crippen LogP contribution in [0.25, 0.3) is 0 Å². The Morgan fingerprint density at radius 2 is 2.10 bits per heavy atom. The number of aliphatic hydroxyl groups excluding tert-OH is 1. The average Bonchev–Trinajstić information content (AvgIpc) is 3.02. The molecule has 2 atom stereocenters. The van der Waals surface area contributed by atoms with Crippen molar-refractivity contribution in [2.45, 2.75) is 32.0 Å². The second-order valence-electron chi connectivity index (χ2n) is 5.48. The number of nitrogens with zero attached hydrogens (tertiary/aromatic N) is 1. The third-order valence-electron chi connectivity index (χ3n) is 3.99. The highest BCUT2D eigenvalue weighted by Gasteiger charge is 2.30. The van der Waals surface area contributed by atoms with Gasteiger partial charge >= 0.3 is 6.18 Å². The van der Waals surface area contributed by atoms with Crippen LogP contribution in [0.2, 0.25) is 0 Å². The maximum absolute atomic E-state index is 12.4.